The van der Waals surface area contributed by atoms with Gasteiger partial charge in [-0.15, -0.1) is 0 Å². The summed E-state index contributed by atoms with van der Waals surface area (Å²) in [4.78, 5) is 17.0. The summed E-state index contributed by atoms with van der Waals surface area (Å²) in [6.07, 6.45) is 1.59. The molecule has 1 saturated heterocycles. The van der Waals surface area contributed by atoms with Crippen molar-refractivity contribution in [2.75, 3.05) is 31.1 Å². The van der Waals surface area contributed by atoms with Gasteiger partial charge in [0.15, 0.2) is 0 Å². The third-order valence-corrected chi connectivity index (χ3v) is 5.23. The van der Waals surface area contributed by atoms with E-state index in [4.69, 9.17) is 0 Å². The average molecular weight is 429 g/mol. The smallest absolute Gasteiger partial charge is 0.257 e. The zero-order chi connectivity index (χ0) is 18.8. The van der Waals surface area contributed by atoms with Crippen LogP contribution in [0.5, 0.6) is 0 Å². The second-order valence-corrected chi connectivity index (χ2v) is 7.34. The molecule has 0 unspecified atom stereocenters. The highest BCUT2D eigenvalue weighted by atomic mass is 79.9. The summed E-state index contributed by atoms with van der Waals surface area (Å²) in [5.41, 5.74) is 3.18. The first-order valence-corrected chi connectivity index (χ1v) is 9.50. The van der Waals surface area contributed by atoms with Crippen LogP contribution < -0.4 is 4.90 Å². The Hall–Kier alpha value is -2.67. The predicted octanol–water partition coefficient (Wildman–Crippen LogP) is 3.94. The highest BCUT2D eigenvalue weighted by Gasteiger charge is 2.25. The molecule has 1 N–H and O–H groups in total. The number of aromatic nitrogens is 2. The van der Waals surface area contributed by atoms with Crippen LogP contribution in [0.15, 0.2) is 59.2 Å². The summed E-state index contributed by atoms with van der Waals surface area (Å²) in [6.45, 7) is 2.64. The van der Waals surface area contributed by atoms with Crippen molar-refractivity contribution in [3.05, 3.63) is 70.6 Å². The molecule has 0 radical (unpaired) electrons. The molecule has 1 aliphatic rings. The number of rotatable bonds is 3. The van der Waals surface area contributed by atoms with E-state index in [0.29, 0.717) is 31.7 Å². The van der Waals surface area contributed by atoms with Crippen molar-refractivity contribution in [1.29, 1.82) is 0 Å². The van der Waals surface area contributed by atoms with Gasteiger partial charge in [-0.05, 0) is 36.4 Å². The van der Waals surface area contributed by atoms with Gasteiger partial charge in [0, 0.05) is 41.9 Å². The number of nitrogens with one attached hydrogen (secondary N) is 1. The van der Waals surface area contributed by atoms with Crippen LogP contribution >= 0.6 is 15.9 Å². The molecule has 0 saturated carbocycles. The summed E-state index contributed by atoms with van der Waals surface area (Å²) in [7, 11) is 0. The number of hydrogen-bond donors (Lipinski definition) is 1. The molecular formula is C20H18BrFN4O. The quantitative estimate of drug-likeness (QED) is 0.687. The molecule has 7 heteroatoms. The number of carbonyl (C=O) groups is 1. The zero-order valence-corrected chi connectivity index (χ0v) is 16.1. The standard InChI is InChI=1S/C20H18BrFN4O/c21-15-3-1-2-14(12-15)19-18(13-23-24-19)20(27)26-10-8-25(9-11-26)17-6-4-16(22)5-7-17/h1-7,12-13H,8-11H2,(H,23,24). The van der Waals surface area contributed by atoms with E-state index in [1.807, 2.05) is 29.2 Å². The van der Waals surface area contributed by atoms with E-state index < -0.39 is 0 Å². The Kier molecular flexibility index (Phi) is 4.94. The average Bonchev–Trinajstić information content (AvgIpc) is 3.18. The van der Waals surface area contributed by atoms with Crippen LogP contribution in [0.2, 0.25) is 0 Å². The summed E-state index contributed by atoms with van der Waals surface area (Å²) >= 11 is 3.46. The molecule has 138 valence electrons. The number of aromatic amines is 1. The van der Waals surface area contributed by atoms with Gasteiger partial charge >= 0.3 is 0 Å². The molecule has 27 heavy (non-hydrogen) atoms. The lowest BCUT2D eigenvalue weighted by molar-refractivity contribution is 0.0747. The number of hydrogen-bond acceptors (Lipinski definition) is 3. The lowest BCUT2D eigenvalue weighted by atomic mass is 10.1. The van der Waals surface area contributed by atoms with Gasteiger partial charge in [-0.1, -0.05) is 28.1 Å². The van der Waals surface area contributed by atoms with Gasteiger partial charge in [-0.3, -0.25) is 9.89 Å². The van der Waals surface area contributed by atoms with Crippen molar-refractivity contribution < 1.29 is 9.18 Å². The molecule has 2 aromatic carbocycles. The molecular weight excluding hydrogens is 411 g/mol. The first-order valence-electron chi connectivity index (χ1n) is 8.71. The Balaban J connectivity index is 1.47. The minimum Gasteiger partial charge on any atom is -0.368 e. The van der Waals surface area contributed by atoms with Crippen molar-refractivity contribution in [2.45, 2.75) is 0 Å². The molecule has 0 bridgehead atoms. The summed E-state index contributed by atoms with van der Waals surface area (Å²) in [6, 6.07) is 14.2. The van der Waals surface area contributed by atoms with Crippen LogP contribution in [0.1, 0.15) is 10.4 Å². The van der Waals surface area contributed by atoms with Crippen molar-refractivity contribution in [1.82, 2.24) is 15.1 Å². The van der Waals surface area contributed by atoms with Crippen molar-refractivity contribution >= 4 is 27.5 Å². The first-order chi connectivity index (χ1) is 13.1. The van der Waals surface area contributed by atoms with Crippen molar-refractivity contribution in [3.63, 3.8) is 0 Å². The number of benzene rings is 2. The Labute approximate surface area is 164 Å². The number of nitrogens with zero attached hydrogens (tertiary/aromatic N) is 3. The molecule has 1 aromatic heterocycles. The molecule has 0 aliphatic carbocycles. The van der Waals surface area contributed by atoms with Crippen LogP contribution in [0.25, 0.3) is 11.3 Å². The third kappa shape index (κ3) is 3.73. The maximum Gasteiger partial charge on any atom is 0.257 e. The van der Waals surface area contributed by atoms with Gasteiger partial charge in [0.1, 0.15) is 5.82 Å². The number of carbonyl (C=O) groups excluding carboxylic acids is 1. The molecule has 1 fully saturated rings. The first kappa shape index (κ1) is 17.7. The fraction of sp³-hybridized carbons (Fsp3) is 0.200. The largest absolute Gasteiger partial charge is 0.368 e. The molecule has 0 spiro atoms. The minimum absolute atomic E-state index is 0.0301. The molecule has 3 aromatic rings. The number of halogens is 2. The van der Waals surface area contributed by atoms with Gasteiger partial charge in [0.2, 0.25) is 0 Å². The van der Waals surface area contributed by atoms with Crippen LogP contribution in [0, 0.1) is 5.82 Å². The molecule has 5 nitrogen and oxygen atoms in total. The SMILES string of the molecule is O=C(c1cn[nH]c1-c1cccc(Br)c1)N1CCN(c2ccc(F)cc2)CC1. The summed E-state index contributed by atoms with van der Waals surface area (Å²) in [5.74, 6) is -0.273. The Morgan fingerprint density at radius 3 is 2.52 bits per heavy atom. The summed E-state index contributed by atoms with van der Waals surface area (Å²) in [5, 5.41) is 7.03. The van der Waals surface area contributed by atoms with Crippen LogP contribution in [0.4, 0.5) is 10.1 Å². The van der Waals surface area contributed by atoms with Gasteiger partial charge in [0.05, 0.1) is 17.5 Å². The topological polar surface area (TPSA) is 52.2 Å². The Morgan fingerprint density at radius 2 is 1.81 bits per heavy atom. The number of H-pyrrole nitrogens is 1. The molecule has 1 aliphatic heterocycles. The monoisotopic (exact) mass is 428 g/mol. The lowest BCUT2D eigenvalue weighted by Gasteiger charge is -2.36. The number of piperazine rings is 1. The van der Waals surface area contributed by atoms with Crippen LogP contribution in [-0.2, 0) is 0 Å². The second kappa shape index (κ2) is 7.52. The van der Waals surface area contributed by atoms with E-state index in [9.17, 15) is 9.18 Å². The maximum absolute atomic E-state index is 13.1. The van der Waals surface area contributed by atoms with E-state index in [1.54, 1.807) is 18.3 Å². The summed E-state index contributed by atoms with van der Waals surface area (Å²) < 4.78 is 14.0. The van der Waals surface area contributed by atoms with Crippen LogP contribution in [-0.4, -0.2) is 47.2 Å². The van der Waals surface area contributed by atoms with Gasteiger partial charge in [0.25, 0.3) is 5.91 Å². The predicted molar refractivity (Wildman–Crippen MR) is 106 cm³/mol. The molecule has 0 atom stereocenters. The Morgan fingerprint density at radius 1 is 1.07 bits per heavy atom. The van der Waals surface area contributed by atoms with Gasteiger partial charge in [-0.2, -0.15) is 5.10 Å². The fourth-order valence-corrected chi connectivity index (χ4v) is 3.70. The highest BCUT2D eigenvalue weighted by molar-refractivity contribution is 9.10. The van der Waals surface area contributed by atoms with E-state index in [-0.39, 0.29) is 11.7 Å². The molecule has 2 heterocycles. The second-order valence-electron chi connectivity index (χ2n) is 6.42. The van der Waals surface area contributed by atoms with Gasteiger partial charge in [-0.25, -0.2) is 4.39 Å². The maximum atomic E-state index is 13.1. The third-order valence-electron chi connectivity index (χ3n) is 4.74. The number of amides is 1. The van der Waals surface area contributed by atoms with Crippen molar-refractivity contribution in [2.24, 2.45) is 0 Å². The lowest BCUT2D eigenvalue weighted by Crippen LogP contribution is -2.48. The van der Waals surface area contributed by atoms with E-state index in [0.717, 1.165) is 21.4 Å². The zero-order valence-electron chi connectivity index (χ0n) is 14.5. The fourth-order valence-electron chi connectivity index (χ4n) is 3.30. The van der Waals surface area contributed by atoms with E-state index in [2.05, 4.69) is 31.0 Å². The number of anilines is 1. The highest BCUT2D eigenvalue weighted by Crippen LogP contribution is 2.26. The van der Waals surface area contributed by atoms with E-state index in [1.165, 1.54) is 12.1 Å². The van der Waals surface area contributed by atoms with E-state index >= 15 is 0 Å². The van der Waals surface area contributed by atoms with Crippen molar-refractivity contribution in [3.8, 4) is 11.3 Å². The minimum atomic E-state index is -0.243. The molecule has 4 rings (SSSR count). The van der Waals surface area contributed by atoms with Crippen LogP contribution in [0.3, 0.4) is 0 Å². The normalized spacial score (nSPS) is 14.4. The van der Waals surface area contributed by atoms with Gasteiger partial charge < -0.3 is 9.80 Å². The Bertz CT molecular complexity index is 949. The molecule has 1 amide bonds.